The second-order valence-electron chi connectivity index (χ2n) is 5.03. The van der Waals surface area contributed by atoms with E-state index in [1.54, 1.807) is 0 Å². The summed E-state index contributed by atoms with van der Waals surface area (Å²) in [5.74, 6) is -0.970. The lowest BCUT2D eigenvalue weighted by molar-refractivity contribution is -0.139. The Labute approximate surface area is 120 Å². The SMILES string of the molecule is CN(CCCNCC(O)CC(=O)O)Cc1ccccc1. The van der Waals surface area contributed by atoms with Gasteiger partial charge < -0.3 is 20.4 Å². The summed E-state index contributed by atoms with van der Waals surface area (Å²) in [6, 6.07) is 10.3. The molecule has 3 N–H and O–H groups in total. The first-order chi connectivity index (χ1) is 9.58. The highest BCUT2D eigenvalue weighted by Crippen LogP contribution is 2.02. The van der Waals surface area contributed by atoms with Crippen molar-refractivity contribution in [2.45, 2.75) is 25.5 Å². The second-order valence-corrected chi connectivity index (χ2v) is 5.03. The van der Waals surface area contributed by atoms with Crippen LogP contribution in [0.1, 0.15) is 18.4 Å². The fourth-order valence-corrected chi connectivity index (χ4v) is 1.99. The highest BCUT2D eigenvalue weighted by molar-refractivity contribution is 5.67. The molecule has 1 aromatic rings. The maximum Gasteiger partial charge on any atom is 0.306 e. The van der Waals surface area contributed by atoms with Crippen LogP contribution in [0.5, 0.6) is 0 Å². The van der Waals surface area contributed by atoms with Crippen LogP contribution in [0, 0.1) is 0 Å². The summed E-state index contributed by atoms with van der Waals surface area (Å²) in [5, 5.41) is 20.9. The summed E-state index contributed by atoms with van der Waals surface area (Å²) in [6.07, 6.45) is -0.0566. The monoisotopic (exact) mass is 280 g/mol. The molecule has 0 fully saturated rings. The normalized spacial score (nSPS) is 12.6. The van der Waals surface area contributed by atoms with Gasteiger partial charge in [-0.1, -0.05) is 30.3 Å². The van der Waals surface area contributed by atoms with Crippen molar-refractivity contribution in [1.82, 2.24) is 10.2 Å². The molecule has 0 aliphatic rings. The lowest BCUT2D eigenvalue weighted by Gasteiger charge is -2.17. The van der Waals surface area contributed by atoms with Crippen LogP contribution in [0.4, 0.5) is 0 Å². The quantitative estimate of drug-likeness (QED) is 0.556. The summed E-state index contributed by atoms with van der Waals surface area (Å²) in [5.41, 5.74) is 1.29. The van der Waals surface area contributed by atoms with Gasteiger partial charge in [0.15, 0.2) is 0 Å². The first-order valence-corrected chi connectivity index (χ1v) is 6.91. The van der Waals surface area contributed by atoms with E-state index in [2.05, 4.69) is 29.4 Å². The van der Waals surface area contributed by atoms with Crippen LogP contribution in [0.15, 0.2) is 30.3 Å². The van der Waals surface area contributed by atoms with Crippen LogP contribution in [0.2, 0.25) is 0 Å². The number of nitrogens with zero attached hydrogens (tertiary/aromatic N) is 1. The Morgan fingerprint density at radius 1 is 1.35 bits per heavy atom. The maximum atomic E-state index is 10.4. The van der Waals surface area contributed by atoms with Gasteiger partial charge in [0.1, 0.15) is 0 Å². The molecule has 0 aliphatic carbocycles. The topological polar surface area (TPSA) is 72.8 Å². The van der Waals surface area contributed by atoms with E-state index in [0.717, 1.165) is 26.1 Å². The Kier molecular flexibility index (Phi) is 7.87. The zero-order valence-electron chi connectivity index (χ0n) is 12.0. The Hall–Kier alpha value is -1.43. The average Bonchev–Trinajstić information content (AvgIpc) is 2.38. The molecule has 1 atom stereocenters. The van der Waals surface area contributed by atoms with Crippen molar-refractivity contribution < 1.29 is 15.0 Å². The molecule has 0 saturated carbocycles. The first-order valence-electron chi connectivity index (χ1n) is 6.91. The molecule has 0 bridgehead atoms. The average molecular weight is 280 g/mol. The smallest absolute Gasteiger partial charge is 0.306 e. The predicted octanol–water partition coefficient (Wildman–Crippen LogP) is 0.934. The number of rotatable bonds is 10. The van der Waals surface area contributed by atoms with Gasteiger partial charge in [0.2, 0.25) is 0 Å². The fourth-order valence-electron chi connectivity index (χ4n) is 1.99. The summed E-state index contributed by atoms with van der Waals surface area (Å²) in [4.78, 5) is 12.6. The molecule has 0 aromatic heterocycles. The maximum absolute atomic E-state index is 10.4. The molecular formula is C15H24N2O3. The van der Waals surface area contributed by atoms with Gasteiger partial charge in [0, 0.05) is 13.1 Å². The molecular weight excluding hydrogens is 256 g/mol. The second kappa shape index (κ2) is 9.47. The molecule has 5 nitrogen and oxygen atoms in total. The van der Waals surface area contributed by atoms with E-state index in [9.17, 15) is 9.90 Å². The highest BCUT2D eigenvalue weighted by Gasteiger charge is 2.08. The summed E-state index contributed by atoms with van der Waals surface area (Å²) >= 11 is 0. The first kappa shape index (κ1) is 16.6. The zero-order chi connectivity index (χ0) is 14.8. The Morgan fingerprint density at radius 3 is 2.70 bits per heavy atom. The van der Waals surface area contributed by atoms with Crippen LogP contribution in [-0.2, 0) is 11.3 Å². The number of aliphatic hydroxyl groups is 1. The summed E-state index contributed by atoms with van der Waals surface area (Å²) < 4.78 is 0. The van der Waals surface area contributed by atoms with Gasteiger partial charge >= 0.3 is 5.97 Å². The van der Waals surface area contributed by atoms with Crippen molar-refractivity contribution in [3.8, 4) is 0 Å². The Bertz CT molecular complexity index is 384. The number of nitrogens with one attached hydrogen (secondary N) is 1. The molecule has 0 spiro atoms. The lowest BCUT2D eigenvalue weighted by Crippen LogP contribution is -2.31. The van der Waals surface area contributed by atoms with Gasteiger partial charge in [-0.3, -0.25) is 4.79 Å². The summed E-state index contributed by atoms with van der Waals surface area (Å²) in [7, 11) is 2.08. The molecule has 5 heteroatoms. The van der Waals surface area contributed by atoms with E-state index in [1.807, 2.05) is 18.2 Å². The van der Waals surface area contributed by atoms with Crippen molar-refractivity contribution in [2.24, 2.45) is 0 Å². The van der Waals surface area contributed by atoms with Crippen LogP contribution in [0.25, 0.3) is 0 Å². The van der Waals surface area contributed by atoms with E-state index >= 15 is 0 Å². The van der Waals surface area contributed by atoms with Crippen molar-refractivity contribution in [3.63, 3.8) is 0 Å². The van der Waals surface area contributed by atoms with Crippen molar-refractivity contribution in [2.75, 3.05) is 26.7 Å². The molecule has 0 radical (unpaired) electrons. The van der Waals surface area contributed by atoms with Crippen LogP contribution >= 0.6 is 0 Å². The van der Waals surface area contributed by atoms with E-state index in [1.165, 1.54) is 5.56 Å². The molecule has 112 valence electrons. The van der Waals surface area contributed by atoms with Crippen LogP contribution in [0.3, 0.4) is 0 Å². The number of hydrogen-bond acceptors (Lipinski definition) is 4. The Morgan fingerprint density at radius 2 is 2.05 bits per heavy atom. The number of carboxylic acid groups (broad SMARTS) is 1. The van der Waals surface area contributed by atoms with Crippen LogP contribution in [-0.4, -0.2) is 53.9 Å². The molecule has 0 heterocycles. The third-order valence-electron chi connectivity index (χ3n) is 2.98. The number of carboxylic acids is 1. The lowest BCUT2D eigenvalue weighted by atomic mass is 10.2. The molecule has 20 heavy (non-hydrogen) atoms. The molecule has 0 aliphatic heterocycles. The van der Waals surface area contributed by atoms with Crippen molar-refractivity contribution >= 4 is 5.97 Å². The predicted molar refractivity (Wildman–Crippen MR) is 78.5 cm³/mol. The van der Waals surface area contributed by atoms with E-state index in [-0.39, 0.29) is 6.42 Å². The van der Waals surface area contributed by atoms with Crippen LogP contribution < -0.4 is 5.32 Å². The number of aliphatic carboxylic acids is 1. The number of aliphatic hydroxyl groups excluding tert-OH is 1. The largest absolute Gasteiger partial charge is 0.481 e. The molecule has 0 amide bonds. The number of hydrogen-bond donors (Lipinski definition) is 3. The van der Waals surface area contributed by atoms with Crippen molar-refractivity contribution in [1.29, 1.82) is 0 Å². The molecule has 0 saturated heterocycles. The van der Waals surface area contributed by atoms with Gasteiger partial charge in [0.05, 0.1) is 12.5 Å². The van der Waals surface area contributed by atoms with E-state index < -0.39 is 12.1 Å². The van der Waals surface area contributed by atoms with Gasteiger partial charge in [-0.25, -0.2) is 0 Å². The van der Waals surface area contributed by atoms with E-state index in [4.69, 9.17) is 5.11 Å². The molecule has 1 unspecified atom stereocenters. The third kappa shape index (κ3) is 7.89. The fraction of sp³-hybridized carbons (Fsp3) is 0.533. The number of carbonyl (C=O) groups is 1. The van der Waals surface area contributed by atoms with Gasteiger partial charge in [-0.2, -0.15) is 0 Å². The van der Waals surface area contributed by atoms with Gasteiger partial charge in [-0.15, -0.1) is 0 Å². The zero-order valence-corrected chi connectivity index (χ0v) is 12.0. The van der Waals surface area contributed by atoms with E-state index in [0.29, 0.717) is 6.54 Å². The minimum atomic E-state index is -0.970. The third-order valence-corrected chi connectivity index (χ3v) is 2.98. The number of benzene rings is 1. The molecule has 1 aromatic carbocycles. The minimum Gasteiger partial charge on any atom is -0.481 e. The standard InChI is InChI=1S/C15H24N2O3/c1-17(12-13-6-3-2-4-7-13)9-5-8-16-11-14(18)10-15(19)20/h2-4,6-7,14,16,18H,5,8-12H2,1H3,(H,19,20). The van der Waals surface area contributed by atoms with Crippen molar-refractivity contribution in [3.05, 3.63) is 35.9 Å². The minimum absolute atomic E-state index is 0.207. The Balaban J connectivity index is 2.05. The van der Waals surface area contributed by atoms with Gasteiger partial charge in [0.25, 0.3) is 0 Å². The summed E-state index contributed by atoms with van der Waals surface area (Å²) in [6.45, 7) is 2.98. The van der Waals surface area contributed by atoms with Gasteiger partial charge in [-0.05, 0) is 32.1 Å². The molecule has 1 rings (SSSR count). The highest BCUT2D eigenvalue weighted by atomic mass is 16.4.